The molecule has 0 spiro atoms. The zero-order valence-corrected chi connectivity index (χ0v) is 12.3. The minimum Gasteiger partial charge on any atom is -0.463 e. The second-order valence-corrected chi connectivity index (χ2v) is 5.02. The van der Waals surface area contributed by atoms with Gasteiger partial charge in [0.05, 0.1) is 6.26 Å². The van der Waals surface area contributed by atoms with Crippen LogP contribution in [0.15, 0.2) is 28.9 Å². The molecule has 9 nitrogen and oxygen atoms in total. The summed E-state index contributed by atoms with van der Waals surface area (Å²) in [5.74, 6) is -3.67. The molecule has 2 aromatic heterocycles. The van der Waals surface area contributed by atoms with E-state index in [0.717, 1.165) is 9.80 Å². The Kier molecular flexibility index (Phi) is 3.32. The number of carbonyl (C=O) groups is 4. The van der Waals surface area contributed by atoms with E-state index in [4.69, 9.17) is 4.42 Å². The molecule has 0 unspecified atom stereocenters. The molecule has 1 aliphatic rings. The maximum absolute atomic E-state index is 12.5. The van der Waals surface area contributed by atoms with Crippen LogP contribution in [0.2, 0.25) is 0 Å². The number of amides is 4. The third-order valence-electron chi connectivity index (χ3n) is 3.61. The Balaban J connectivity index is 1.92. The number of H-pyrrole nitrogens is 1. The lowest BCUT2D eigenvalue weighted by Crippen LogP contribution is -2.58. The summed E-state index contributed by atoms with van der Waals surface area (Å²) in [7, 11) is 2.43. The lowest BCUT2D eigenvalue weighted by Gasteiger charge is -2.31. The van der Waals surface area contributed by atoms with Crippen molar-refractivity contribution in [1.29, 1.82) is 0 Å². The smallest absolute Gasteiger partial charge is 0.332 e. The summed E-state index contributed by atoms with van der Waals surface area (Å²) >= 11 is 0. The van der Waals surface area contributed by atoms with Gasteiger partial charge in [0, 0.05) is 14.1 Å². The quantitative estimate of drug-likeness (QED) is 0.651. The van der Waals surface area contributed by atoms with Gasteiger partial charge in [-0.2, -0.15) is 5.10 Å². The molecular formula is C14H12N4O5. The van der Waals surface area contributed by atoms with Crippen LogP contribution in [0.3, 0.4) is 0 Å². The van der Waals surface area contributed by atoms with Crippen LogP contribution in [-0.2, 0) is 9.59 Å². The third-order valence-corrected chi connectivity index (χ3v) is 3.61. The number of urea groups is 1. The first kappa shape index (κ1) is 14.7. The lowest BCUT2D eigenvalue weighted by atomic mass is 9.96. The molecule has 3 rings (SSSR count). The number of nitrogens with zero attached hydrogens (tertiary/aromatic N) is 3. The van der Waals surface area contributed by atoms with Crippen molar-refractivity contribution in [2.24, 2.45) is 5.92 Å². The number of imide groups is 2. The molecule has 0 radical (unpaired) electrons. The summed E-state index contributed by atoms with van der Waals surface area (Å²) in [6.07, 6.45) is 1.46. The van der Waals surface area contributed by atoms with E-state index in [9.17, 15) is 19.2 Å². The fourth-order valence-corrected chi connectivity index (χ4v) is 2.28. The summed E-state index contributed by atoms with van der Waals surface area (Å²) in [6.45, 7) is 0. The van der Waals surface area contributed by atoms with E-state index >= 15 is 0 Å². The van der Waals surface area contributed by atoms with E-state index in [1.165, 1.54) is 26.4 Å². The monoisotopic (exact) mass is 316 g/mol. The van der Waals surface area contributed by atoms with Crippen LogP contribution in [0.4, 0.5) is 4.79 Å². The van der Waals surface area contributed by atoms with Crippen LogP contribution in [0.1, 0.15) is 10.5 Å². The van der Waals surface area contributed by atoms with E-state index in [-0.39, 0.29) is 5.69 Å². The highest BCUT2D eigenvalue weighted by atomic mass is 16.3. The first-order valence-electron chi connectivity index (χ1n) is 6.64. The standard InChI is InChI=1S/C14H12N4O5/c1-17-12(20)10(13(21)18(2)14(17)22)11(19)8-6-7(15-16-8)9-4-3-5-23-9/h3-6,10H,1-2H3,(H,15,16). The lowest BCUT2D eigenvalue weighted by molar-refractivity contribution is -0.145. The first-order valence-corrected chi connectivity index (χ1v) is 6.64. The molecule has 0 atom stereocenters. The van der Waals surface area contributed by atoms with Crippen molar-refractivity contribution >= 4 is 23.6 Å². The zero-order valence-electron chi connectivity index (χ0n) is 12.3. The van der Waals surface area contributed by atoms with Gasteiger partial charge in [-0.05, 0) is 18.2 Å². The summed E-state index contributed by atoms with van der Waals surface area (Å²) in [6, 6.07) is 3.95. The molecule has 1 N–H and O–H groups in total. The molecule has 1 saturated heterocycles. The van der Waals surface area contributed by atoms with Crippen molar-refractivity contribution in [1.82, 2.24) is 20.0 Å². The van der Waals surface area contributed by atoms with Gasteiger partial charge in [-0.25, -0.2) is 4.79 Å². The fraction of sp³-hybridized carbons (Fsp3) is 0.214. The molecule has 1 aliphatic heterocycles. The number of rotatable bonds is 3. The molecule has 0 aliphatic carbocycles. The van der Waals surface area contributed by atoms with Gasteiger partial charge in [-0.3, -0.25) is 29.3 Å². The number of hydrogen-bond acceptors (Lipinski definition) is 6. The number of furan rings is 1. The van der Waals surface area contributed by atoms with Gasteiger partial charge in [0.15, 0.2) is 11.7 Å². The minimum atomic E-state index is -1.62. The maximum Gasteiger partial charge on any atom is 0.332 e. The summed E-state index contributed by atoms with van der Waals surface area (Å²) in [5, 5.41) is 6.43. The molecule has 0 bridgehead atoms. The normalized spacial score (nSPS) is 16.3. The second-order valence-electron chi connectivity index (χ2n) is 5.02. The number of hydrogen-bond donors (Lipinski definition) is 1. The first-order chi connectivity index (χ1) is 10.9. The molecule has 23 heavy (non-hydrogen) atoms. The van der Waals surface area contributed by atoms with E-state index in [1.54, 1.807) is 12.1 Å². The number of aromatic nitrogens is 2. The van der Waals surface area contributed by atoms with Crippen molar-refractivity contribution in [3.63, 3.8) is 0 Å². The molecule has 118 valence electrons. The average Bonchev–Trinajstić information content (AvgIpc) is 3.21. The number of aromatic amines is 1. The summed E-state index contributed by atoms with van der Waals surface area (Å²) in [5.41, 5.74) is 0.353. The Morgan fingerprint density at radius 1 is 1.22 bits per heavy atom. The molecule has 9 heteroatoms. The van der Waals surface area contributed by atoms with Crippen LogP contribution in [0.25, 0.3) is 11.5 Å². The zero-order chi connectivity index (χ0) is 16.7. The number of ketones is 1. The van der Waals surface area contributed by atoms with E-state index < -0.39 is 29.5 Å². The predicted molar refractivity (Wildman–Crippen MR) is 75.0 cm³/mol. The van der Waals surface area contributed by atoms with Crippen molar-refractivity contribution in [2.45, 2.75) is 0 Å². The molecule has 3 heterocycles. The Morgan fingerprint density at radius 3 is 2.43 bits per heavy atom. The minimum absolute atomic E-state index is 0.0840. The maximum atomic E-state index is 12.5. The number of nitrogens with one attached hydrogen (secondary N) is 1. The summed E-state index contributed by atoms with van der Waals surface area (Å²) in [4.78, 5) is 49.9. The molecular weight excluding hydrogens is 304 g/mol. The second kappa shape index (κ2) is 5.20. The van der Waals surface area contributed by atoms with Gasteiger partial charge in [-0.15, -0.1) is 0 Å². The fourth-order valence-electron chi connectivity index (χ4n) is 2.28. The highest BCUT2D eigenvalue weighted by molar-refractivity contribution is 6.29. The van der Waals surface area contributed by atoms with Gasteiger partial charge in [0.1, 0.15) is 11.4 Å². The number of Topliss-reactive ketones (excluding diaryl/α,β-unsaturated/α-hetero) is 1. The predicted octanol–water partition coefficient (Wildman–Crippen LogP) is 0.519. The largest absolute Gasteiger partial charge is 0.463 e. The van der Waals surface area contributed by atoms with Gasteiger partial charge in [0.2, 0.25) is 5.78 Å². The van der Waals surface area contributed by atoms with Crippen molar-refractivity contribution in [2.75, 3.05) is 14.1 Å². The van der Waals surface area contributed by atoms with E-state index in [2.05, 4.69) is 10.2 Å². The molecule has 0 saturated carbocycles. The molecule has 4 amide bonds. The van der Waals surface area contributed by atoms with Crippen molar-refractivity contribution < 1.29 is 23.6 Å². The highest BCUT2D eigenvalue weighted by Gasteiger charge is 2.47. The van der Waals surface area contributed by atoms with Crippen molar-refractivity contribution in [3.05, 3.63) is 30.2 Å². The van der Waals surface area contributed by atoms with Crippen LogP contribution in [0, 0.1) is 5.92 Å². The van der Waals surface area contributed by atoms with Crippen LogP contribution in [0.5, 0.6) is 0 Å². The molecule has 2 aromatic rings. The van der Waals surface area contributed by atoms with Crippen LogP contribution >= 0.6 is 0 Å². The summed E-state index contributed by atoms with van der Waals surface area (Å²) < 4.78 is 5.17. The van der Waals surface area contributed by atoms with Crippen molar-refractivity contribution in [3.8, 4) is 11.5 Å². The Hall–Kier alpha value is -3.23. The number of carbonyl (C=O) groups excluding carboxylic acids is 4. The highest BCUT2D eigenvalue weighted by Crippen LogP contribution is 2.22. The van der Waals surface area contributed by atoms with Crippen LogP contribution in [-0.4, -0.2) is 57.7 Å². The van der Waals surface area contributed by atoms with Gasteiger partial charge >= 0.3 is 6.03 Å². The topological polar surface area (TPSA) is 117 Å². The Bertz CT molecular complexity index is 783. The third kappa shape index (κ3) is 2.22. The Labute approximate surface area is 129 Å². The number of barbiturate groups is 1. The van der Waals surface area contributed by atoms with Gasteiger partial charge in [0.25, 0.3) is 11.8 Å². The SMILES string of the molecule is CN1C(=O)C(C(=O)c2cc(-c3ccco3)[nH]n2)C(=O)N(C)C1=O. The van der Waals surface area contributed by atoms with Gasteiger partial charge in [-0.1, -0.05) is 0 Å². The Morgan fingerprint density at radius 2 is 1.87 bits per heavy atom. The average molecular weight is 316 g/mol. The molecule has 0 aromatic carbocycles. The van der Waals surface area contributed by atoms with E-state index in [1.807, 2.05) is 0 Å². The van der Waals surface area contributed by atoms with E-state index in [0.29, 0.717) is 11.5 Å². The van der Waals surface area contributed by atoms with Gasteiger partial charge < -0.3 is 4.42 Å². The molecule has 1 fully saturated rings. The van der Waals surface area contributed by atoms with Crippen LogP contribution < -0.4 is 0 Å².